The van der Waals surface area contributed by atoms with Crippen molar-refractivity contribution in [3.05, 3.63) is 29.3 Å². The van der Waals surface area contributed by atoms with E-state index in [-0.39, 0.29) is 6.04 Å². The predicted molar refractivity (Wildman–Crippen MR) is 87.3 cm³/mol. The van der Waals surface area contributed by atoms with Gasteiger partial charge in [-0.05, 0) is 46.1 Å². The molecule has 1 fully saturated rings. The molecule has 7 heteroatoms. The Bertz CT molecular complexity index is 698. The number of aryl methyl sites for hydroxylation is 2. The number of nitrogens with zero attached hydrogens (tertiary/aromatic N) is 6. The number of β-amino-alcohol motifs (C(OH)–C–C–N with tert-alkyl or cyclic N) is 1. The summed E-state index contributed by atoms with van der Waals surface area (Å²) in [6, 6.07) is 0.225. The number of anilines is 1. The predicted octanol–water partition coefficient (Wildman–Crippen LogP) is 1.75. The van der Waals surface area contributed by atoms with Crippen LogP contribution in [0.3, 0.4) is 0 Å². The lowest BCUT2D eigenvalue weighted by Gasteiger charge is -2.38. The summed E-state index contributed by atoms with van der Waals surface area (Å²) < 4.78 is 1.78. The first-order valence-electron chi connectivity index (χ1n) is 8.09. The molecule has 3 heterocycles. The highest BCUT2D eigenvalue weighted by Crippen LogP contribution is 2.32. The fourth-order valence-corrected chi connectivity index (χ4v) is 2.83. The third-order valence-corrected chi connectivity index (χ3v) is 4.48. The average Bonchev–Trinajstić information content (AvgIpc) is 3.01. The molecular formula is C16H24N6O. The molecule has 124 valence electrons. The van der Waals surface area contributed by atoms with Crippen molar-refractivity contribution in [2.75, 3.05) is 18.0 Å². The van der Waals surface area contributed by atoms with Crippen LogP contribution >= 0.6 is 0 Å². The first kappa shape index (κ1) is 15.9. The summed E-state index contributed by atoms with van der Waals surface area (Å²) >= 11 is 0. The van der Waals surface area contributed by atoms with Gasteiger partial charge in [-0.15, -0.1) is 5.10 Å². The lowest BCUT2D eigenvalue weighted by atomic mass is 9.90. The van der Waals surface area contributed by atoms with Crippen LogP contribution in [0.25, 0.3) is 0 Å². The van der Waals surface area contributed by atoms with Crippen molar-refractivity contribution >= 4 is 5.95 Å². The molecule has 1 N–H and O–H groups in total. The summed E-state index contributed by atoms with van der Waals surface area (Å²) in [5, 5.41) is 19.4. The van der Waals surface area contributed by atoms with E-state index in [0.29, 0.717) is 24.6 Å². The third kappa shape index (κ3) is 3.06. The molecule has 0 amide bonds. The van der Waals surface area contributed by atoms with Gasteiger partial charge in [-0.3, -0.25) is 0 Å². The maximum atomic E-state index is 11.1. The molecule has 1 atom stereocenters. The monoisotopic (exact) mass is 316 g/mol. The number of aromatic nitrogens is 5. The van der Waals surface area contributed by atoms with E-state index in [2.05, 4.69) is 20.3 Å². The molecule has 1 aliphatic rings. The van der Waals surface area contributed by atoms with E-state index in [4.69, 9.17) is 0 Å². The summed E-state index contributed by atoms with van der Waals surface area (Å²) in [5.41, 5.74) is 1.66. The number of aliphatic hydroxyl groups is 1. The molecule has 0 spiro atoms. The minimum atomic E-state index is -1.01. The van der Waals surface area contributed by atoms with E-state index in [1.54, 1.807) is 4.68 Å². The van der Waals surface area contributed by atoms with E-state index in [0.717, 1.165) is 24.2 Å². The van der Waals surface area contributed by atoms with E-state index >= 15 is 0 Å². The van der Waals surface area contributed by atoms with Crippen molar-refractivity contribution in [3.63, 3.8) is 0 Å². The van der Waals surface area contributed by atoms with Gasteiger partial charge < -0.3 is 10.0 Å². The fraction of sp³-hybridized carbons (Fsp3) is 0.625. The maximum Gasteiger partial charge on any atom is 0.225 e. The standard InChI is InChI=1S/C16H24N6O/c1-11(2)22-9-14(19-20-22)16(23)6-5-7-21(10-16)15-17-8-12(3)13(4)18-15/h8-9,11,23H,5-7,10H2,1-4H3/t16-/m1/s1. The van der Waals surface area contributed by atoms with Gasteiger partial charge >= 0.3 is 0 Å². The number of hydrogen-bond donors (Lipinski definition) is 1. The fourth-order valence-electron chi connectivity index (χ4n) is 2.83. The van der Waals surface area contributed by atoms with Gasteiger partial charge in [0.2, 0.25) is 5.95 Å². The molecule has 2 aromatic heterocycles. The van der Waals surface area contributed by atoms with Gasteiger partial charge in [-0.2, -0.15) is 0 Å². The topological polar surface area (TPSA) is 80.0 Å². The highest BCUT2D eigenvalue weighted by atomic mass is 16.3. The lowest BCUT2D eigenvalue weighted by Crippen LogP contribution is -2.47. The molecule has 0 unspecified atom stereocenters. The van der Waals surface area contributed by atoms with Crippen LogP contribution in [-0.2, 0) is 5.60 Å². The molecular weight excluding hydrogens is 292 g/mol. The molecule has 0 aliphatic carbocycles. The van der Waals surface area contributed by atoms with Gasteiger partial charge in [0.05, 0.1) is 12.7 Å². The molecule has 1 saturated heterocycles. The summed E-state index contributed by atoms with van der Waals surface area (Å²) in [6.07, 6.45) is 5.21. The number of hydrogen-bond acceptors (Lipinski definition) is 6. The Balaban J connectivity index is 1.85. The zero-order chi connectivity index (χ0) is 16.6. The van der Waals surface area contributed by atoms with Crippen LogP contribution in [0.1, 0.15) is 49.7 Å². The van der Waals surface area contributed by atoms with Crippen molar-refractivity contribution in [3.8, 4) is 0 Å². The molecule has 3 rings (SSSR count). The summed E-state index contributed by atoms with van der Waals surface area (Å²) in [7, 11) is 0. The van der Waals surface area contributed by atoms with Gasteiger partial charge in [-0.1, -0.05) is 5.21 Å². The molecule has 2 aromatic rings. The molecule has 0 saturated carbocycles. The average molecular weight is 316 g/mol. The highest BCUT2D eigenvalue weighted by Gasteiger charge is 2.38. The van der Waals surface area contributed by atoms with E-state index in [1.165, 1.54) is 0 Å². The van der Waals surface area contributed by atoms with Gasteiger partial charge in [0.1, 0.15) is 11.3 Å². The summed E-state index contributed by atoms with van der Waals surface area (Å²) in [5.74, 6) is 0.669. The Morgan fingerprint density at radius 2 is 2.09 bits per heavy atom. The van der Waals surface area contributed by atoms with E-state index in [9.17, 15) is 5.11 Å². The summed E-state index contributed by atoms with van der Waals surface area (Å²) in [4.78, 5) is 11.0. The Hall–Kier alpha value is -2.02. The Labute approximate surface area is 136 Å². The van der Waals surface area contributed by atoms with Gasteiger partial charge in [0.15, 0.2) is 0 Å². The van der Waals surface area contributed by atoms with Crippen molar-refractivity contribution in [2.45, 2.75) is 52.2 Å². The molecule has 23 heavy (non-hydrogen) atoms. The SMILES string of the molecule is Cc1cnc(N2CCC[C@](O)(c3cn(C(C)C)nn3)C2)nc1C. The van der Waals surface area contributed by atoms with Crippen LogP contribution in [-0.4, -0.2) is 43.2 Å². The zero-order valence-corrected chi connectivity index (χ0v) is 14.2. The maximum absolute atomic E-state index is 11.1. The van der Waals surface area contributed by atoms with Gasteiger partial charge in [-0.25, -0.2) is 14.6 Å². The van der Waals surface area contributed by atoms with Gasteiger partial charge in [0, 0.05) is 24.5 Å². The molecule has 0 aromatic carbocycles. The smallest absolute Gasteiger partial charge is 0.225 e. The van der Waals surface area contributed by atoms with Crippen molar-refractivity contribution in [1.82, 2.24) is 25.0 Å². The second-order valence-corrected chi connectivity index (χ2v) is 6.67. The van der Waals surface area contributed by atoms with Crippen molar-refractivity contribution in [1.29, 1.82) is 0 Å². The molecule has 1 aliphatic heterocycles. The van der Waals surface area contributed by atoms with Crippen LogP contribution in [0, 0.1) is 13.8 Å². The second-order valence-electron chi connectivity index (χ2n) is 6.67. The normalized spacial score (nSPS) is 21.9. The molecule has 7 nitrogen and oxygen atoms in total. The van der Waals surface area contributed by atoms with Crippen molar-refractivity contribution in [2.24, 2.45) is 0 Å². The van der Waals surface area contributed by atoms with Crippen molar-refractivity contribution < 1.29 is 5.11 Å². The minimum absolute atomic E-state index is 0.225. The summed E-state index contributed by atoms with van der Waals surface area (Å²) in [6.45, 7) is 9.33. The first-order valence-corrected chi connectivity index (χ1v) is 8.09. The highest BCUT2D eigenvalue weighted by molar-refractivity contribution is 5.35. The number of rotatable bonds is 3. The first-order chi connectivity index (χ1) is 10.9. The third-order valence-electron chi connectivity index (χ3n) is 4.48. The molecule has 0 radical (unpaired) electrons. The molecule has 0 bridgehead atoms. The number of piperidine rings is 1. The van der Waals surface area contributed by atoms with E-state index < -0.39 is 5.60 Å². The largest absolute Gasteiger partial charge is 0.382 e. The Kier molecular flexibility index (Phi) is 4.06. The Morgan fingerprint density at radius 1 is 1.30 bits per heavy atom. The zero-order valence-electron chi connectivity index (χ0n) is 14.2. The quantitative estimate of drug-likeness (QED) is 0.929. The minimum Gasteiger partial charge on any atom is -0.382 e. The van der Waals surface area contributed by atoms with Crippen LogP contribution < -0.4 is 4.90 Å². The van der Waals surface area contributed by atoms with E-state index in [1.807, 2.05) is 45.0 Å². The van der Waals surface area contributed by atoms with Crippen LogP contribution in [0.2, 0.25) is 0 Å². The lowest BCUT2D eigenvalue weighted by molar-refractivity contribution is 0.0172. The second kappa shape index (κ2) is 5.88. The van der Waals surface area contributed by atoms with Crippen LogP contribution in [0.5, 0.6) is 0 Å². The van der Waals surface area contributed by atoms with Crippen LogP contribution in [0.4, 0.5) is 5.95 Å². The van der Waals surface area contributed by atoms with Crippen LogP contribution in [0.15, 0.2) is 12.4 Å². The van der Waals surface area contributed by atoms with Gasteiger partial charge in [0.25, 0.3) is 0 Å². The Morgan fingerprint density at radius 3 is 2.74 bits per heavy atom.